The first-order chi connectivity index (χ1) is 35.4. The molecule has 0 spiro atoms. The van der Waals surface area contributed by atoms with E-state index in [2.05, 4.69) is 14.7 Å². The summed E-state index contributed by atoms with van der Waals surface area (Å²) in [7, 11) is 0. The Bertz CT molecular complexity index is 3030. The van der Waals surface area contributed by atoms with Crippen LogP contribution in [0.2, 0.25) is 15.1 Å². The van der Waals surface area contributed by atoms with Gasteiger partial charge in [-0.3, -0.25) is 20.2 Å². The second kappa shape index (κ2) is 25.8. The van der Waals surface area contributed by atoms with Gasteiger partial charge in [-0.05, 0) is 75.7 Å². The van der Waals surface area contributed by atoms with Gasteiger partial charge in [-0.2, -0.15) is 22.0 Å². The monoisotopic (exact) mass is 1140 g/mol. The predicted octanol–water partition coefficient (Wildman–Crippen LogP) is 12.5. The molecule has 0 bridgehead atoms. The molecule has 6 aromatic rings. The number of halogens is 13. The zero-order valence-electron chi connectivity index (χ0n) is 39.0. The van der Waals surface area contributed by atoms with Crippen LogP contribution in [0.1, 0.15) is 75.5 Å². The van der Waals surface area contributed by atoms with Crippen LogP contribution in [-0.2, 0) is 15.1 Å². The smallest absolute Gasteiger partial charge is 0.439 e. The quantitative estimate of drug-likeness (QED) is 0.0324. The first-order valence-electron chi connectivity index (χ1n) is 21.1. The van der Waals surface area contributed by atoms with E-state index in [1.54, 1.807) is 57.3 Å². The molecular formula is C48H36Cl3F10N5O10. The summed E-state index contributed by atoms with van der Waals surface area (Å²) in [6, 6.07) is 17.0. The molecule has 3 N–H and O–H groups in total. The van der Waals surface area contributed by atoms with Gasteiger partial charge in [-0.15, -0.1) is 0 Å². The Balaban J connectivity index is 0.000000255. The molecule has 15 nitrogen and oxygen atoms in total. The summed E-state index contributed by atoms with van der Waals surface area (Å²) in [5.74, 6) is -9.51. The number of nitrogens with zero attached hydrogens (tertiary/aromatic N) is 3. The molecule has 1 heterocycles. The Hall–Kier alpha value is -7.61. The van der Waals surface area contributed by atoms with E-state index in [1.165, 1.54) is 54.4 Å². The number of rotatable bonds is 13. The molecule has 0 aliphatic heterocycles. The highest BCUT2D eigenvalue weighted by molar-refractivity contribution is 6.38. The topological polar surface area (TPSA) is 209 Å². The van der Waals surface area contributed by atoms with E-state index in [-0.39, 0.29) is 34.8 Å². The van der Waals surface area contributed by atoms with E-state index in [9.17, 15) is 78.3 Å². The van der Waals surface area contributed by atoms with Crippen molar-refractivity contribution in [2.24, 2.45) is 0 Å². The van der Waals surface area contributed by atoms with Gasteiger partial charge in [0.25, 0.3) is 17.8 Å². The van der Waals surface area contributed by atoms with Crippen molar-refractivity contribution in [1.82, 2.24) is 15.3 Å². The minimum Gasteiger partial charge on any atom is -0.459 e. The second-order valence-corrected chi connectivity index (χ2v) is 16.9. The molecule has 1 aromatic heterocycles. The van der Waals surface area contributed by atoms with E-state index in [1.807, 2.05) is 0 Å². The van der Waals surface area contributed by atoms with Crippen LogP contribution in [0.5, 0.6) is 5.75 Å². The lowest BCUT2D eigenvalue weighted by Crippen LogP contribution is -2.45. The lowest BCUT2D eigenvalue weighted by atomic mass is 9.81. The fourth-order valence-corrected chi connectivity index (χ4v) is 6.91. The maximum Gasteiger partial charge on any atom is 0.439 e. The number of ether oxygens (including phenoxy) is 3. The second-order valence-electron chi connectivity index (χ2n) is 15.7. The summed E-state index contributed by atoms with van der Waals surface area (Å²) in [5.41, 5.74) is -2.82. The summed E-state index contributed by atoms with van der Waals surface area (Å²) in [5, 5.41) is 23.2. The van der Waals surface area contributed by atoms with Crippen molar-refractivity contribution in [3.8, 4) is 5.75 Å². The van der Waals surface area contributed by atoms with Gasteiger partial charge < -0.3 is 24.6 Å². The molecule has 3 amide bonds. The number of alkyl halides is 6. The molecule has 2 atom stereocenters. The van der Waals surface area contributed by atoms with Crippen LogP contribution in [0, 0.1) is 33.4 Å². The van der Waals surface area contributed by atoms with Crippen LogP contribution < -0.4 is 15.4 Å². The fourth-order valence-electron chi connectivity index (χ4n) is 6.10. The molecule has 0 saturated heterocycles. The summed E-state index contributed by atoms with van der Waals surface area (Å²) < 4.78 is 145. The van der Waals surface area contributed by atoms with Gasteiger partial charge in [0.05, 0.1) is 39.0 Å². The molecule has 0 fully saturated rings. The number of aromatic nitrogens is 2. The number of anilines is 1. The van der Waals surface area contributed by atoms with Gasteiger partial charge in [0.1, 0.15) is 40.0 Å². The minimum absolute atomic E-state index is 0.0615. The number of hydrogen-bond donors (Lipinski definition) is 3. The highest BCUT2D eigenvalue weighted by atomic mass is 35.5. The number of urea groups is 1. The van der Waals surface area contributed by atoms with E-state index < -0.39 is 97.4 Å². The Morgan fingerprint density at radius 3 is 1.74 bits per heavy atom. The average molecular weight is 1140 g/mol. The average Bonchev–Trinajstić information content (AvgIpc) is 3.34. The lowest BCUT2D eigenvalue weighted by molar-refractivity contribution is -0.384. The number of benzene rings is 5. The number of amides is 3. The van der Waals surface area contributed by atoms with Crippen molar-refractivity contribution in [3.05, 3.63) is 192 Å². The fraction of sp³-hybridized carbons (Fsp3) is 0.208. The number of carbonyl (C=O) groups excluding carboxylic acids is 4. The van der Waals surface area contributed by atoms with Gasteiger partial charge in [-0.25, -0.2) is 46.3 Å². The number of nitrogens with one attached hydrogen (secondary N) is 2. The maximum absolute atomic E-state index is 14.3. The van der Waals surface area contributed by atoms with Gasteiger partial charge in [-0.1, -0.05) is 71.2 Å². The maximum atomic E-state index is 14.3. The summed E-state index contributed by atoms with van der Waals surface area (Å²) in [6.45, 7) is 6.62. The van der Waals surface area contributed by atoms with Crippen molar-refractivity contribution in [1.29, 1.82) is 0 Å². The largest absolute Gasteiger partial charge is 0.459 e. The highest BCUT2D eigenvalue weighted by Gasteiger charge is 2.59. The number of carbonyl (C=O) groups is 4. The van der Waals surface area contributed by atoms with Crippen molar-refractivity contribution < 1.29 is 87.3 Å². The molecule has 28 heteroatoms. The summed E-state index contributed by atoms with van der Waals surface area (Å²) in [6.07, 6.45) is -12.8. The molecule has 5 aromatic carbocycles. The number of esters is 2. The third-order valence-corrected chi connectivity index (χ3v) is 10.3. The van der Waals surface area contributed by atoms with Crippen LogP contribution in [0.15, 0.2) is 110 Å². The van der Waals surface area contributed by atoms with Gasteiger partial charge in [0.2, 0.25) is 0 Å². The lowest BCUT2D eigenvalue weighted by Gasteiger charge is -2.30. The SMILES string of the molecule is CC(C)OC(=O)c1cc(C(=O)OC(C)C)cc([N+](=O)[O-])c1.O=C(NC(=O)c1c(F)cccc1F)Nc1cc(Cl)c(OC(F)(F)C(F)C(F)(F)F)c(Cl)c1F.OC(c1ccc(F)cc1)(c1cncnc1)c1ccccc1Cl. The number of non-ortho nitro benzene ring substituents is 1. The molecule has 0 aliphatic carbocycles. The summed E-state index contributed by atoms with van der Waals surface area (Å²) in [4.78, 5) is 65.5. The molecule has 0 aliphatic rings. The van der Waals surface area contributed by atoms with Crippen LogP contribution in [0.25, 0.3) is 0 Å². The van der Waals surface area contributed by atoms with Crippen molar-refractivity contribution in [3.63, 3.8) is 0 Å². The first kappa shape index (κ1) is 60.9. The number of nitro groups is 1. The Morgan fingerprint density at radius 2 is 1.25 bits per heavy atom. The van der Waals surface area contributed by atoms with Crippen LogP contribution in [-0.4, -0.2) is 74.5 Å². The Labute approximate surface area is 437 Å². The van der Waals surface area contributed by atoms with Crippen LogP contribution in [0.3, 0.4) is 0 Å². The van der Waals surface area contributed by atoms with Crippen molar-refractivity contribution >= 4 is 70.1 Å². The van der Waals surface area contributed by atoms with Gasteiger partial charge >= 0.3 is 30.3 Å². The Kier molecular flexibility index (Phi) is 20.7. The molecule has 6 rings (SSSR count). The number of aliphatic hydroxyl groups is 1. The molecule has 0 radical (unpaired) electrons. The third kappa shape index (κ3) is 15.7. The van der Waals surface area contributed by atoms with E-state index in [0.29, 0.717) is 39.9 Å². The molecule has 2 unspecified atom stereocenters. The van der Waals surface area contributed by atoms with Crippen LogP contribution in [0.4, 0.5) is 60.1 Å². The van der Waals surface area contributed by atoms with Gasteiger partial charge in [0, 0.05) is 40.7 Å². The van der Waals surface area contributed by atoms with Crippen LogP contribution >= 0.6 is 34.8 Å². The molecule has 0 saturated carbocycles. The Morgan fingerprint density at radius 1 is 0.724 bits per heavy atom. The first-order valence-corrected chi connectivity index (χ1v) is 22.2. The van der Waals surface area contributed by atoms with E-state index >= 15 is 0 Å². The summed E-state index contributed by atoms with van der Waals surface area (Å²) >= 11 is 17.2. The number of imide groups is 1. The van der Waals surface area contributed by atoms with Crippen molar-refractivity contribution in [2.45, 2.75) is 64.0 Å². The number of nitro benzene ring substituents is 1. The zero-order chi connectivity index (χ0) is 57.0. The molecule has 76 heavy (non-hydrogen) atoms. The van der Waals surface area contributed by atoms with E-state index in [4.69, 9.17) is 44.3 Å². The van der Waals surface area contributed by atoms with Crippen molar-refractivity contribution in [2.75, 3.05) is 5.32 Å². The minimum atomic E-state index is -6.05. The van der Waals surface area contributed by atoms with E-state index in [0.717, 1.165) is 18.2 Å². The van der Waals surface area contributed by atoms with Gasteiger partial charge in [0.15, 0.2) is 11.6 Å². The predicted molar refractivity (Wildman–Crippen MR) is 252 cm³/mol. The number of hydrogen-bond acceptors (Lipinski definition) is 12. The normalized spacial score (nSPS) is 12.4. The molecule has 404 valence electrons. The highest BCUT2D eigenvalue weighted by Crippen LogP contribution is 2.45. The standard InChI is InChI=1S/C17H7Cl2F9N2O3.C17H12ClFN2O.C14H17NO6/c18-5-4-8(29-15(32)30-13(31)9-6(20)2-1-3-7(9)21)11(22)10(19)12(5)33-17(27,28)14(23)16(24,25)26;18-16-4-2-1-3-15(16)17(22,13-9-20-11-21-10-13)12-5-7-14(19)8-6-12;1-8(2)20-13(16)10-5-11(14(17)21-9(3)4)7-12(6-10)15(18)19/h1-4,14H,(H2,29,30,31,32);1-11,22H;5-9H,1-4H3. The third-order valence-electron chi connectivity index (χ3n) is 9.39. The molecular weight excluding hydrogens is 1100 g/mol. The zero-order valence-corrected chi connectivity index (χ0v) is 41.3.